The molecule has 3 aromatic carbocycles. The van der Waals surface area contributed by atoms with E-state index in [0.29, 0.717) is 29.3 Å². The molecular weight excluding hydrogens is 492 g/mol. The van der Waals surface area contributed by atoms with Crippen molar-refractivity contribution in [1.29, 1.82) is 0 Å². The molecule has 192 valence electrons. The molecule has 0 saturated heterocycles. The number of likely N-dealkylation sites (N-methyl/N-ethyl adjacent to an activating group) is 1. The Morgan fingerprint density at radius 3 is 2.35 bits per heavy atom. The molecule has 0 saturated carbocycles. The number of amides is 2. The van der Waals surface area contributed by atoms with Crippen LogP contribution in [0.3, 0.4) is 0 Å². The number of carbonyl (C=O) groups excluding carboxylic acids is 2. The van der Waals surface area contributed by atoms with Crippen LogP contribution in [0.2, 0.25) is 5.02 Å². The monoisotopic (exact) mass is 520 g/mol. The van der Waals surface area contributed by atoms with E-state index in [2.05, 4.69) is 0 Å². The number of hydrogen-bond donors (Lipinski definition) is 1. The highest BCUT2D eigenvalue weighted by Crippen LogP contribution is 2.41. The molecule has 2 atom stereocenters. The van der Waals surface area contributed by atoms with Crippen LogP contribution in [0.5, 0.6) is 5.75 Å². The molecular formula is C29H29ClN2O5. The van der Waals surface area contributed by atoms with Crippen LogP contribution in [0.1, 0.15) is 48.5 Å². The number of benzene rings is 3. The van der Waals surface area contributed by atoms with Crippen molar-refractivity contribution in [2.45, 2.75) is 38.6 Å². The number of para-hydroxylation sites is 1. The Hall–Kier alpha value is -3.84. The van der Waals surface area contributed by atoms with Gasteiger partial charge in [-0.2, -0.15) is 0 Å². The van der Waals surface area contributed by atoms with Gasteiger partial charge in [-0.1, -0.05) is 29.8 Å². The van der Waals surface area contributed by atoms with Gasteiger partial charge in [-0.05, 0) is 80.4 Å². The normalized spacial score (nSPS) is 16.6. The van der Waals surface area contributed by atoms with Crippen molar-refractivity contribution in [2.24, 2.45) is 0 Å². The average molecular weight is 521 g/mol. The van der Waals surface area contributed by atoms with Gasteiger partial charge in [-0.3, -0.25) is 14.4 Å². The van der Waals surface area contributed by atoms with Crippen molar-refractivity contribution >= 4 is 40.8 Å². The summed E-state index contributed by atoms with van der Waals surface area (Å²) >= 11 is 6.04. The van der Waals surface area contributed by atoms with Gasteiger partial charge >= 0.3 is 5.97 Å². The van der Waals surface area contributed by atoms with Crippen molar-refractivity contribution in [3.8, 4) is 5.75 Å². The number of ether oxygens (including phenoxy) is 1. The van der Waals surface area contributed by atoms with Crippen molar-refractivity contribution in [1.82, 2.24) is 0 Å². The van der Waals surface area contributed by atoms with Gasteiger partial charge in [-0.15, -0.1) is 0 Å². The van der Waals surface area contributed by atoms with E-state index < -0.39 is 11.9 Å². The quantitative estimate of drug-likeness (QED) is 0.407. The zero-order chi connectivity index (χ0) is 26.5. The summed E-state index contributed by atoms with van der Waals surface area (Å²) in [6, 6.07) is 21.2. The molecule has 0 radical (unpaired) electrons. The average Bonchev–Trinajstić information content (AvgIpc) is 2.89. The topological polar surface area (TPSA) is 87.2 Å². The number of nitrogens with zero attached hydrogens (tertiary/aromatic N) is 2. The molecule has 7 nitrogen and oxygen atoms in total. The minimum absolute atomic E-state index is 0.0147. The second-order valence-corrected chi connectivity index (χ2v) is 9.38. The number of carboxylic acids is 1. The summed E-state index contributed by atoms with van der Waals surface area (Å²) in [7, 11) is 0. The largest absolute Gasteiger partial charge is 0.493 e. The second kappa shape index (κ2) is 11.5. The predicted molar refractivity (Wildman–Crippen MR) is 144 cm³/mol. The Morgan fingerprint density at radius 2 is 1.70 bits per heavy atom. The maximum atomic E-state index is 13.8. The molecule has 1 heterocycles. The highest BCUT2D eigenvalue weighted by atomic mass is 35.5. The first-order valence-electron chi connectivity index (χ1n) is 12.2. The van der Waals surface area contributed by atoms with Gasteiger partial charge in [0.1, 0.15) is 5.75 Å². The number of carbonyl (C=O) groups is 3. The molecule has 1 aliphatic heterocycles. The van der Waals surface area contributed by atoms with Gasteiger partial charge in [0, 0.05) is 34.5 Å². The van der Waals surface area contributed by atoms with Gasteiger partial charge in [0.15, 0.2) is 0 Å². The lowest BCUT2D eigenvalue weighted by molar-refractivity contribution is -0.137. The molecule has 0 spiro atoms. The Bertz CT molecular complexity index is 1280. The summed E-state index contributed by atoms with van der Waals surface area (Å²) in [5, 5.41) is 9.37. The molecule has 37 heavy (non-hydrogen) atoms. The van der Waals surface area contributed by atoms with E-state index in [9.17, 15) is 14.4 Å². The Kier molecular flexibility index (Phi) is 8.14. The fourth-order valence-corrected chi connectivity index (χ4v) is 4.85. The van der Waals surface area contributed by atoms with E-state index in [1.807, 2.05) is 50.2 Å². The van der Waals surface area contributed by atoms with Crippen molar-refractivity contribution in [3.63, 3.8) is 0 Å². The number of fused-ring (bicyclic) bond motifs is 1. The third kappa shape index (κ3) is 5.78. The SMILES string of the molecule is CCN(C(=O)[C@H]1C[C@H](C)N(C(=O)c2ccc(OCCC(=O)O)cc2)c2ccccc21)c1ccc(Cl)cc1. The van der Waals surface area contributed by atoms with Crippen molar-refractivity contribution in [3.05, 3.63) is 88.9 Å². The molecule has 3 aromatic rings. The minimum atomic E-state index is -0.934. The lowest BCUT2D eigenvalue weighted by atomic mass is 9.84. The van der Waals surface area contributed by atoms with Crippen LogP contribution >= 0.6 is 11.6 Å². The van der Waals surface area contributed by atoms with E-state index in [4.69, 9.17) is 21.4 Å². The molecule has 1 aliphatic rings. The second-order valence-electron chi connectivity index (χ2n) is 8.95. The Morgan fingerprint density at radius 1 is 1.03 bits per heavy atom. The Labute approximate surface area is 221 Å². The fourth-order valence-electron chi connectivity index (χ4n) is 4.72. The van der Waals surface area contributed by atoms with Gasteiger partial charge in [0.2, 0.25) is 5.91 Å². The summed E-state index contributed by atoms with van der Waals surface area (Å²) in [6.45, 7) is 4.46. The van der Waals surface area contributed by atoms with Crippen molar-refractivity contribution in [2.75, 3.05) is 23.0 Å². The third-order valence-electron chi connectivity index (χ3n) is 6.51. The molecule has 4 rings (SSSR count). The predicted octanol–water partition coefficient (Wildman–Crippen LogP) is 5.77. The standard InChI is InChI=1S/C29H29ClN2O5/c1-3-31(22-12-10-21(30)11-13-22)29(36)25-18-19(2)32(26-7-5-4-6-24(25)26)28(35)20-8-14-23(15-9-20)37-17-16-27(33)34/h4-15,19,25H,3,16-18H2,1-2H3,(H,33,34)/t19-,25-/m0/s1. The number of carboxylic acid groups (broad SMARTS) is 1. The molecule has 0 aromatic heterocycles. The first-order chi connectivity index (χ1) is 17.8. The van der Waals surface area contributed by atoms with Crippen LogP contribution in [0.25, 0.3) is 0 Å². The lowest BCUT2D eigenvalue weighted by Crippen LogP contribution is -2.46. The summed E-state index contributed by atoms with van der Waals surface area (Å²) in [4.78, 5) is 41.6. The summed E-state index contributed by atoms with van der Waals surface area (Å²) in [6.07, 6.45) is 0.387. The highest BCUT2D eigenvalue weighted by molar-refractivity contribution is 6.30. The molecule has 1 N–H and O–H groups in total. The van der Waals surface area contributed by atoms with E-state index >= 15 is 0 Å². The van der Waals surface area contributed by atoms with Gasteiger partial charge < -0.3 is 19.6 Å². The zero-order valence-electron chi connectivity index (χ0n) is 20.8. The number of rotatable bonds is 8. The van der Waals surface area contributed by atoms with Gasteiger partial charge in [-0.25, -0.2) is 0 Å². The van der Waals surface area contributed by atoms with Crippen LogP contribution in [-0.2, 0) is 9.59 Å². The number of aliphatic carboxylic acids is 1. The van der Waals surface area contributed by atoms with E-state index in [0.717, 1.165) is 16.9 Å². The van der Waals surface area contributed by atoms with Crippen LogP contribution in [-0.4, -0.2) is 42.1 Å². The Balaban J connectivity index is 1.58. The van der Waals surface area contributed by atoms with Crippen LogP contribution in [0.15, 0.2) is 72.8 Å². The number of hydrogen-bond acceptors (Lipinski definition) is 4. The van der Waals surface area contributed by atoms with Gasteiger partial charge in [0.05, 0.1) is 18.9 Å². The first-order valence-corrected chi connectivity index (χ1v) is 12.6. The van der Waals surface area contributed by atoms with E-state index in [-0.39, 0.29) is 30.9 Å². The zero-order valence-corrected chi connectivity index (χ0v) is 21.5. The third-order valence-corrected chi connectivity index (χ3v) is 6.76. The fraction of sp³-hybridized carbons (Fsp3) is 0.276. The minimum Gasteiger partial charge on any atom is -0.493 e. The molecule has 2 amide bonds. The molecule has 0 aliphatic carbocycles. The number of halogens is 1. The van der Waals surface area contributed by atoms with E-state index in [1.54, 1.807) is 46.2 Å². The first kappa shape index (κ1) is 26.2. The molecule has 0 fully saturated rings. The molecule has 0 bridgehead atoms. The highest BCUT2D eigenvalue weighted by Gasteiger charge is 2.38. The molecule has 8 heteroatoms. The smallest absolute Gasteiger partial charge is 0.306 e. The van der Waals surface area contributed by atoms with Crippen LogP contribution in [0.4, 0.5) is 11.4 Å². The van der Waals surface area contributed by atoms with Crippen LogP contribution in [0, 0.1) is 0 Å². The summed E-state index contributed by atoms with van der Waals surface area (Å²) in [5.41, 5.74) is 2.80. The maximum Gasteiger partial charge on any atom is 0.306 e. The van der Waals surface area contributed by atoms with Crippen molar-refractivity contribution < 1.29 is 24.2 Å². The summed E-state index contributed by atoms with van der Waals surface area (Å²) < 4.78 is 5.44. The van der Waals surface area contributed by atoms with Crippen LogP contribution < -0.4 is 14.5 Å². The lowest BCUT2D eigenvalue weighted by Gasteiger charge is -2.40. The maximum absolute atomic E-state index is 13.8. The van der Waals surface area contributed by atoms with E-state index in [1.165, 1.54) is 0 Å². The number of anilines is 2. The summed E-state index contributed by atoms with van der Waals surface area (Å²) in [5.74, 6) is -1.02. The van der Waals surface area contributed by atoms with Gasteiger partial charge in [0.25, 0.3) is 5.91 Å². The molecule has 0 unspecified atom stereocenters.